The van der Waals surface area contributed by atoms with Gasteiger partial charge in [-0.3, -0.25) is 4.79 Å². The van der Waals surface area contributed by atoms with E-state index in [2.05, 4.69) is 15.4 Å². The Labute approximate surface area is 142 Å². The summed E-state index contributed by atoms with van der Waals surface area (Å²) in [6, 6.07) is 7.27. The Hall–Kier alpha value is -2.21. The number of carbonyl (C=O) groups is 1. The third-order valence-corrected chi connectivity index (χ3v) is 3.92. The van der Waals surface area contributed by atoms with Gasteiger partial charge in [-0.15, -0.1) is 0 Å². The molecule has 1 aromatic heterocycles. The second-order valence-corrected chi connectivity index (χ2v) is 6.64. The molecule has 0 saturated carbocycles. The molecule has 0 aliphatic rings. The minimum atomic E-state index is -0.680. The SMILES string of the molecule is CCn1ncnc1C(C)NC(=O)c1ccc(CCC(C)(C)O)cc1. The van der Waals surface area contributed by atoms with Crippen LogP contribution < -0.4 is 5.32 Å². The highest BCUT2D eigenvalue weighted by Gasteiger charge is 2.16. The van der Waals surface area contributed by atoms with Crippen molar-refractivity contribution in [1.82, 2.24) is 20.1 Å². The molecule has 130 valence electrons. The monoisotopic (exact) mass is 330 g/mol. The number of aromatic nitrogens is 3. The summed E-state index contributed by atoms with van der Waals surface area (Å²) in [5.41, 5.74) is 1.03. The van der Waals surface area contributed by atoms with E-state index in [1.54, 1.807) is 18.5 Å². The van der Waals surface area contributed by atoms with Crippen LogP contribution in [-0.4, -0.2) is 31.4 Å². The second kappa shape index (κ2) is 7.57. The molecule has 0 fully saturated rings. The minimum absolute atomic E-state index is 0.137. The van der Waals surface area contributed by atoms with E-state index in [4.69, 9.17) is 0 Å². The highest BCUT2D eigenvalue weighted by Crippen LogP contribution is 2.15. The molecule has 0 saturated heterocycles. The van der Waals surface area contributed by atoms with Crippen molar-refractivity contribution >= 4 is 5.91 Å². The van der Waals surface area contributed by atoms with E-state index in [0.717, 1.165) is 17.8 Å². The number of rotatable bonds is 7. The van der Waals surface area contributed by atoms with E-state index >= 15 is 0 Å². The van der Waals surface area contributed by atoms with Crippen molar-refractivity contribution in [2.45, 2.75) is 58.7 Å². The number of aliphatic hydroxyl groups is 1. The Kier molecular flexibility index (Phi) is 5.72. The van der Waals surface area contributed by atoms with Crippen LogP contribution in [0.4, 0.5) is 0 Å². The second-order valence-electron chi connectivity index (χ2n) is 6.64. The lowest BCUT2D eigenvalue weighted by molar-refractivity contribution is 0.0713. The maximum absolute atomic E-state index is 12.4. The molecule has 0 spiro atoms. The number of hydrogen-bond acceptors (Lipinski definition) is 4. The van der Waals surface area contributed by atoms with Gasteiger partial charge in [0.25, 0.3) is 5.91 Å². The van der Waals surface area contributed by atoms with Crippen LogP contribution >= 0.6 is 0 Å². The van der Waals surface area contributed by atoms with Gasteiger partial charge in [-0.2, -0.15) is 5.10 Å². The molecule has 1 unspecified atom stereocenters. The topological polar surface area (TPSA) is 80.0 Å². The fourth-order valence-electron chi connectivity index (χ4n) is 2.47. The van der Waals surface area contributed by atoms with Gasteiger partial charge in [0.05, 0.1) is 11.6 Å². The van der Waals surface area contributed by atoms with Crippen LogP contribution in [0.15, 0.2) is 30.6 Å². The Morgan fingerprint density at radius 1 is 1.33 bits per heavy atom. The highest BCUT2D eigenvalue weighted by molar-refractivity contribution is 5.94. The van der Waals surface area contributed by atoms with Crippen LogP contribution in [0.25, 0.3) is 0 Å². The summed E-state index contributed by atoms with van der Waals surface area (Å²) in [6.45, 7) is 8.19. The maximum atomic E-state index is 12.4. The fourth-order valence-corrected chi connectivity index (χ4v) is 2.47. The van der Waals surface area contributed by atoms with E-state index in [-0.39, 0.29) is 11.9 Å². The average molecular weight is 330 g/mol. The molecule has 2 N–H and O–H groups in total. The van der Waals surface area contributed by atoms with Crippen LogP contribution in [-0.2, 0) is 13.0 Å². The fraction of sp³-hybridized carbons (Fsp3) is 0.500. The summed E-state index contributed by atoms with van der Waals surface area (Å²) in [7, 11) is 0. The van der Waals surface area contributed by atoms with Crippen molar-refractivity contribution in [3.8, 4) is 0 Å². The number of amides is 1. The zero-order chi connectivity index (χ0) is 17.7. The zero-order valence-corrected chi connectivity index (χ0v) is 14.8. The molecule has 0 aliphatic carbocycles. The molecular formula is C18H26N4O2. The molecule has 1 heterocycles. The molecule has 1 aromatic carbocycles. The Balaban J connectivity index is 1.97. The third-order valence-electron chi connectivity index (χ3n) is 3.92. The van der Waals surface area contributed by atoms with Crippen LogP contribution in [0.2, 0.25) is 0 Å². The quantitative estimate of drug-likeness (QED) is 0.817. The van der Waals surface area contributed by atoms with Crippen LogP contribution in [0, 0.1) is 0 Å². The molecule has 0 bridgehead atoms. The first-order valence-electron chi connectivity index (χ1n) is 8.30. The summed E-state index contributed by atoms with van der Waals surface area (Å²) in [5, 5.41) is 16.8. The van der Waals surface area contributed by atoms with Crippen LogP contribution in [0.5, 0.6) is 0 Å². The Morgan fingerprint density at radius 2 is 2.00 bits per heavy atom. The zero-order valence-electron chi connectivity index (χ0n) is 14.8. The highest BCUT2D eigenvalue weighted by atomic mass is 16.3. The molecule has 2 aromatic rings. The van der Waals surface area contributed by atoms with E-state index in [9.17, 15) is 9.90 Å². The van der Waals surface area contributed by atoms with Gasteiger partial charge < -0.3 is 10.4 Å². The number of nitrogens with one attached hydrogen (secondary N) is 1. The van der Waals surface area contributed by atoms with Gasteiger partial charge >= 0.3 is 0 Å². The van der Waals surface area contributed by atoms with Crippen molar-refractivity contribution in [2.24, 2.45) is 0 Å². The smallest absolute Gasteiger partial charge is 0.251 e. The lowest BCUT2D eigenvalue weighted by Gasteiger charge is -2.17. The first-order valence-corrected chi connectivity index (χ1v) is 8.30. The van der Waals surface area contributed by atoms with Crippen molar-refractivity contribution in [1.29, 1.82) is 0 Å². The molecule has 1 amide bonds. The van der Waals surface area contributed by atoms with Gasteiger partial charge in [0.15, 0.2) is 0 Å². The lowest BCUT2D eigenvalue weighted by Crippen LogP contribution is -2.28. The van der Waals surface area contributed by atoms with Gasteiger partial charge in [0.1, 0.15) is 12.2 Å². The number of hydrogen-bond donors (Lipinski definition) is 2. The van der Waals surface area contributed by atoms with E-state index in [1.807, 2.05) is 38.1 Å². The van der Waals surface area contributed by atoms with E-state index < -0.39 is 5.60 Å². The van der Waals surface area contributed by atoms with Crippen molar-refractivity contribution < 1.29 is 9.90 Å². The van der Waals surface area contributed by atoms with Crippen molar-refractivity contribution in [3.63, 3.8) is 0 Å². The Bertz CT molecular complexity index is 671. The van der Waals surface area contributed by atoms with E-state index in [0.29, 0.717) is 18.5 Å². The Morgan fingerprint density at radius 3 is 2.58 bits per heavy atom. The van der Waals surface area contributed by atoms with Gasteiger partial charge in [-0.05, 0) is 58.2 Å². The van der Waals surface area contributed by atoms with E-state index in [1.165, 1.54) is 6.33 Å². The maximum Gasteiger partial charge on any atom is 0.251 e. The summed E-state index contributed by atoms with van der Waals surface area (Å²) in [5.74, 6) is 0.606. The normalized spacial score (nSPS) is 12.9. The number of benzene rings is 1. The van der Waals surface area contributed by atoms with Gasteiger partial charge in [-0.25, -0.2) is 9.67 Å². The number of nitrogens with zero attached hydrogens (tertiary/aromatic N) is 3. The van der Waals surface area contributed by atoms with Crippen molar-refractivity contribution in [2.75, 3.05) is 0 Å². The molecule has 0 radical (unpaired) electrons. The summed E-state index contributed by atoms with van der Waals surface area (Å²) >= 11 is 0. The summed E-state index contributed by atoms with van der Waals surface area (Å²) in [4.78, 5) is 16.6. The molecule has 6 nitrogen and oxygen atoms in total. The largest absolute Gasteiger partial charge is 0.390 e. The number of aryl methyl sites for hydroxylation is 2. The predicted octanol–water partition coefficient (Wildman–Crippen LogP) is 2.49. The lowest BCUT2D eigenvalue weighted by atomic mass is 9.98. The molecule has 1 atom stereocenters. The molecular weight excluding hydrogens is 304 g/mol. The van der Waals surface area contributed by atoms with Gasteiger partial charge in [0, 0.05) is 12.1 Å². The third kappa shape index (κ3) is 4.89. The first kappa shape index (κ1) is 18.1. The standard InChI is InChI=1S/C18H26N4O2/c1-5-22-16(19-12-20-22)13(2)21-17(23)15-8-6-14(7-9-15)10-11-18(3,4)24/h6-9,12-13,24H,5,10-11H2,1-4H3,(H,21,23). The van der Waals surface area contributed by atoms with Gasteiger partial charge in [0.2, 0.25) is 0 Å². The molecule has 24 heavy (non-hydrogen) atoms. The van der Waals surface area contributed by atoms with Crippen LogP contribution in [0.1, 0.15) is 61.9 Å². The van der Waals surface area contributed by atoms with Crippen molar-refractivity contribution in [3.05, 3.63) is 47.5 Å². The molecule has 2 rings (SSSR count). The average Bonchev–Trinajstić information content (AvgIpc) is 3.01. The minimum Gasteiger partial charge on any atom is -0.390 e. The number of carbonyl (C=O) groups excluding carboxylic acids is 1. The summed E-state index contributed by atoms with van der Waals surface area (Å²) < 4.78 is 1.77. The van der Waals surface area contributed by atoms with Gasteiger partial charge in [-0.1, -0.05) is 12.1 Å². The first-order chi connectivity index (χ1) is 11.3. The molecule has 6 heteroatoms. The molecule has 0 aliphatic heterocycles. The predicted molar refractivity (Wildman–Crippen MR) is 92.6 cm³/mol. The summed E-state index contributed by atoms with van der Waals surface area (Å²) in [6.07, 6.45) is 2.96. The van der Waals surface area contributed by atoms with Crippen LogP contribution in [0.3, 0.4) is 0 Å².